The number of thioether (sulfide) groups is 1. The van der Waals surface area contributed by atoms with Gasteiger partial charge in [-0.3, -0.25) is 4.79 Å². The summed E-state index contributed by atoms with van der Waals surface area (Å²) in [5.41, 5.74) is 0. The van der Waals surface area contributed by atoms with Gasteiger partial charge in [0, 0.05) is 13.0 Å². The summed E-state index contributed by atoms with van der Waals surface area (Å²) in [6, 6.07) is 0. The Hall–Kier alpha value is -1.22. The average molecular weight is 295 g/mol. The summed E-state index contributed by atoms with van der Waals surface area (Å²) >= 11 is 1.07. The van der Waals surface area contributed by atoms with Crippen LogP contribution < -0.4 is 0 Å². The van der Waals surface area contributed by atoms with Crippen LogP contribution in [0, 0.1) is 0 Å². The molecule has 0 saturated carbocycles. The zero-order chi connectivity index (χ0) is 14.3. The van der Waals surface area contributed by atoms with Gasteiger partial charge >= 0.3 is 5.97 Å². The highest BCUT2D eigenvalue weighted by molar-refractivity contribution is 7.99. The third kappa shape index (κ3) is 5.52. The van der Waals surface area contributed by atoms with Crippen LogP contribution in [0.2, 0.25) is 0 Å². The Kier molecular flexibility index (Phi) is 6.71. The minimum Gasteiger partial charge on any atom is -0.481 e. The predicted octanol–water partition coefficient (Wildman–Crippen LogP) is 1.30. The molecule has 19 heavy (non-hydrogen) atoms. The Balaban J connectivity index is 2.51. The molecule has 0 aromatic carbocycles. The second-order valence-corrected chi connectivity index (χ2v) is 4.48. The van der Waals surface area contributed by atoms with Crippen molar-refractivity contribution in [3.63, 3.8) is 0 Å². The molecule has 1 N–H and O–H groups in total. The first-order valence-electron chi connectivity index (χ1n) is 5.67. The molecule has 0 fully saturated rings. The first-order valence-corrected chi connectivity index (χ1v) is 6.65. The van der Waals surface area contributed by atoms with Gasteiger partial charge in [-0.25, -0.2) is 8.78 Å². The number of carboxylic acids is 1. The number of alkyl halides is 2. The lowest BCUT2D eigenvalue weighted by Crippen LogP contribution is -2.11. The van der Waals surface area contributed by atoms with E-state index in [1.165, 1.54) is 0 Å². The summed E-state index contributed by atoms with van der Waals surface area (Å²) in [5, 5.41) is 16.9. The average Bonchev–Trinajstić information content (AvgIpc) is 2.74. The molecule has 108 valence electrons. The zero-order valence-electron chi connectivity index (χ0n) is 10.4. The first-order chi connectivity index (χ1) is 9.04. The van der Waals surface area contributed by atoms with Gasteiger partial charge in [0.25, 0.3) is 6.43 Å². The van der Waals surface area contributed by atoms with E-state index in [0.717, 1.165) is 11.8 Å². The molecule has 1 heterocycles. The Bertz CT molecular complexity index is 415. The summed E-state index contributed by atoms with van der Waals surface area (Å²) in [6.07, 6.45) is -2.12. The highest BCUT2D eigenvalue weighted by Gasteiger charge is 2.12. The lowest BCUT2D eigenvalue weighted by atomic mass is 10.4. The summed E-state index contributed by atoms with van der Waals surface area (Å²) in [4.78, 5) is 10.5. The van der Waals surface area contributed by atoms with Crippen molar-refractivity contribution in [1.29, 1.82) is 0 Å². The number of aromatic nitrogens is 3. The van der Waals surface area contributed by atoms with Crippen LogP contribution in [-0.4, -0.2) is 51.2 Å². The summed E-state index contributed by atoms with van der Waals surface area (Å²) in [6.45, 7) is 1.99. The summed E-state index contributed by atoms with van der Waals surface area (Å²) in [5.74, 6) is -0.429. The molecule has 0 aliphatic heterocycles. The molecule has 9 heteroatoms. The number of nitrogens with zero attached hydrogens (tertiary/aromatic N) is 3. The van der Waals surface area contributed by atoms with Gasteiger partial charge in [-0.05, 0) is 6.92 Å². The Morgan fingerprint density at radius 1 is 1.53 bits per heavy atom. The number of carboxylic acid groups (broad SMARTS) is 1. The van der Waals surface area contributed by atoms with Crippen molar-refractivity contribution >= 4 is 17.7 Å². The van der Waals surface area contributed by atoms with Crippen molar-refractivity contribution in [1.82, 2.24) is 14.8 Å². The van der Waals surface area contributed by atoms with E-state index in [1.807, 2.05) is 6.92 Å². The highest BCUT2D eigenvalue weighted by atomic mass is 32.2. The van der Waals surface area contributed by atoms with Gasteiger partial charge in [0.15, 0.2) is 5.16 Å². The lowest BCUT2D eigenvalue weighted by molar-refractivity contribution is -0.133. The van der Waals surface area contributed by atoms with E-state index in [-0.39, 0.29) is 12.4 Å². The first kappa shape index (κ1) is 15.8. The molecule has 6 nitrogen and oxygen atoms in total. The SMILES string of the molecule is CCn1c(CCOCC(F)F)nnc1SCC(=O)O. The Morgan fingerprint density at radius 3 is 2.84 bits per heavy atom. The molecule has 0 amide bonds. The van der Waals surface area contributed by atoms with Crippen LogP contribution >= 0.6 is 11.8 Å². The minimum absolute atomic E-state index is 0.0972. The maximum atomic E-state index is 11.9. The van der Waals surface area contributed by atoms with Crippen LogP contribution in [0.5, 0.6) is 0 Å². The van der Waals surface area contributed by atoms with Gasteiger partial charge in [0.1, 0.15) is 12.4 Å². The fourth-order valence-corrected chi connectivity index (χ4v) is 2.13. The molecule has 1 aromatic heterocycles. The summed E-state index contributed by atoms with van der Waals surface area (Å²) in [7, 11) is 0. The molecule has 1 aromatic rings. The second kappa shape index (κ2) is 8.05. The zero-order valence-corrected chi connectivity index (χ0v) is 11.2. The molecular weight excluding hydrogens is 280 g/mol. The van der Waals surface area contributed by atoms with Crippen LogP contribution in [0.3, 0.4) is 0 Å². The quantitative estimate of drug-likeness (QED) is 0.546. The standard InChI is InChI=1S/C10H15F2N3O3S/c1-2-15-8(3-4-18-5-7(11)12)13-14-10(15)19-6-9(16)17/h7H,2-6H2,1H3,(H,16,17). The number of ether oxygens (including phenoxy) is 1. The molecule has 0 atom stereocenters. The van der Waals surface area contributed by atoms with Crippen molar-refractivity contribution in [2.75, 3.05) is 19.0 Å². The molecule has 0 aliphatic carbocycles. The number of hydrogen-bond acceptors (Lipinski definition) is 5. The Labute approximate surface area is 113 Å². The van der Waals surface area contributed by atoms with Gasteiger partial charge in [-0.1, -0.05) is 11.8 Å². The van der Waals surface area contributed by atoms with E-state index < -0.39 is 19.0 Å². The van der Waals surface area contributed by atoms with Crippen molar-refractivity contribution < 1.29 is 23.4 Å². The van der Waals surface area contributed by atoms with E-state index in [2.05, 4.69) is 10.2 Å². The maximum Gasteiger partial charge on any atom is 0.313 e. The highest BCUT2D eigenvalue weighted by Crippen LogP contribution is 2.17. The van der Waals surface area contributed by atoms with Gasteiger partial charge in [0.05, 0.1) is 12.4 Å². The molecule has 0 radical (unpaired) electrons. The van der Waals surface area contributed by atoms with Crippen molar-refractivity contribution in [3.05, 3.63) is 5.82 Å². The molecule has 0 spiro atoms. The molecule has 0 aliphatic rings. The van der Waals surface area contributed by atoms with E-state index in [4.69, 9.17) is 9.84 Å². The number of aliphatic carboxylic acids is 1. The van der Waals surface area contributed by atoms with Crippen LogP contribution in [0.1, 0.15) is 12.7 Å². The van der Waals surface area contributed by atoms with E-state index in [1.54, 1.807) is 4.57 Å². The predicted molar refractivity (Wildman–Crippen MR) is 64.6 cm³/mol. The number of rotatable bonds is 9. The van der Waals surface area contributed by atoms with Gasteiger partial charge in [-0.2, -0.15) is 0 Å². The fraction of sp³-hybridized carbons (Fsp3) is 0.700. The van der Waals surface area contributed by atoms with Crippen LogP contribution in [0.25, 0.3) is 0 Å². The smallest absolute Gasteiger partial charge is 0.313 e. The lowest BCUT2D eigenvalue weighted by Gasteiger charge is -2.07. The van der Waals surface area contributed by atoms with Crippen molar-refractivity contribution in [2.45, 2.75) is 31.5 Å². The van der Waals surface area contributed by atoms with E-state index >= 15 is 0 Å². The topological polar surface area (TPSA) is 77.2 Å². The monoisotopic (exact) mass is 295 g/mol. The molecule has 1 rings (SSSR count). The van der Waals surface area contributed by atoms with Crippen molar-refractivity contribution in [3.8, 4) is 0 Å². The van der Waals surface area contributed by atoms with Crippen LogP contribution in [-0.2, 0) is 22.5 Å². The van der Waals surface area contributed by atoms with Gasteiger partial charge in [0.2, 0.25) is 0 Å². The van der Waals surface area contributed by atoms with Gasteiger partial charge in [-0.15, -0.1) is 10.2 Å². The van der Waals surface area contributed by atoms with Crippen molar-refractivity contribution in [2.24, 2.45) is 0 Å². The number of hydrogen-bond donors (Lipinski definition) is 1. The van der Waals surface area contributed by atoms with E-state index in [0.29, 0.717) is 23.9 Å². The summed E-state index contributed by atoms with van der Waals surface area (Å²) < 4.78 is 30.3. The van der Waals surface area contributed by atoms with Crippen LogP contribution in [0.15, 0.2) is 5.16 Å². The second-order valence-electron chi connectivity index (χ2n) is 3.54. The largest absolute Gasteiger partial charge is 0.481 e. The number of halogens is 2. The molecular formula is C10H15F2N3O3S. The third-order valence-corrected chi connectivity index (χ3v) is 3.10. The third-order valence-electron chi connectivity index (χ3n) is 2.15. The minimum atomic E-state index is -2.48. The van der Waals surface area contributed by atoms with Crippen LogP contribution in [0.4, 0.5) is 8.78 Å². The number of carbonyl (C=O) groups is 1. The normalized spacial score (nSPS) is 11.2. The molecule has 0 bridgehead atoms. The Morgan fingerprint density at radius 2 is 2.26 bits per heavy atom. The van der Waals surface area contributed by atoms with Gasteiger partial charge < -0.3 is 14.4 Å². The molecule has 0 saturated heterocycles. The fourth-order valence-electron chi connectivity index (χ4n) is 1.39. The van der Waals surface area contributed by atoms with E-state index in [9.17, 15) is 13.6 Å². The maximum absolute atomic E-state index is 11.9. The molecule has 0 unspecified atom stereocenters.